The maximum Gasteiger partial charge on any atom is 0.337 e. The molecular formula is C16H12ClNO3. The van der Waals surface area contributed by atoms with E-state index in [1.807, 2.05) is 24.3 Å². The van der Waals surface area contributed by atoms with Crippen LogP contribution >= 0.6 is 11.6 Å². The first-order chi connectivity index (χ1) is 10.2. The van der Waals surface area contributed by atoms with Crippen LogP contribution in [0.25, 0.3) is 22.6 Å². The van der Waals surface area contributed by atoms with E-state index < -0.39 is 5.97 Å². The summed E-state index contributed by atoms with van der Waals surface area (Å²) in [5.74, 6) is 0.581. The van der Waals surface area contributed by atoms with Gasteiger partial charge in [-0.2, -0.15) is 0 Å². The minimum Gasteiger partial charge on any atom is -0.465 e. The minimum absolute atomic E-state index is 0.395. The molecule has 0 saturated carbocycles. The smallest absolute Gasteiger partial charge is 0.337 e. The van der Waals surface area contributed by atoms with Gasteiger partial charge in [-0.05, 0) is 35.9 Å². The Morgan fingerprint density at radius 3 is 2.67 bits per heavy atom. The molecule has 4 nitrogen and oxygen atoms in total. The number of aromatic nitrogens is 1. The normalized spacial score (nSPS) is 10.8. The van der Waals surface area contributed by atoms with Crippen molar-refractivity contribution in [3.05, 3.63) is 53.6 Å². The number of carbonyl (C=O) groups excluding carboxylic acids is 1. The number of hydrogen-bond donors (Lipinski definition) is 0. The van der Waals surface area contributed by atoms with E-state index >= 15 is 0 Å². The van der Waals surface area contributed by atoms with Crippen LogP contribution < -0.4 is 0 Å². The lowest BCUT2D eigenvalue weighted by Crippen LogP contribution is -2.00. The van der Waals surface area contributed by atoms with Crippen LogP contribution in [0.1, 0.15) is 15.9 Å². The van der Waals surface area contributed by atoms with Crippen molar-refractivity contribution in [1.82, 2.24) is 4.98 Å². The topological polar surface area (TPSA) is 52.3 Å². The third-order valence-electron chi connectivity index (χ3n) is 3.16. The van der Waals surface area contributed by atoms with E-state index in [4.69, 9.17) is 20.8 Å². The second-order valence-electron chi connectivity index (χ2n) is 4.52. The van der Waals surface area contributed by atoms with Gasteiger partial charge in [-0.1, -0.05) is 12.1 Å². The Morgan fingerprint density at radius 1 is 1.24 bits per heavy atom. The van der Waals surface area contributed by atoms with Crippen molar-refractivity contribution in [1.29, 1.82) is 0 Å². The van der Waals surface area contributed by atoms with Gasteiger partial charge >= 0.3 is 5.97 Å². The molecule has 106 valence electrons. The summed E-state index contributed by atoms with van der Waals surface area (Å²) in [5, 5.41) is 0. The molecule has 0 atom stereocenters. The quantitative estimate of drug-likeness (QED) is 0.541. The Labute approximate surface area is 126 Å². The predicted molar refractivity (Wildman–Crippen MR) is 80.3 cm³/mol. The first kappa shape index (κ1) is 13.6. The Kier molecular flexibility index (Phi) is 3.62. The third kappa shape index (κ3) is 2.62. The lowest BCUT2D eigenvalue weighted by atomic mass is 10.1. The molecule has 0 unspecified atom stereocenters. The highest BCUT2D eigenvalue weighted by Crippen LogP contribution is 2.25. The fourth-order valence-corrected chi connectivity index (χ4v) is 2.21. The van der Waals surface area contributed by atoms with Gasteiger partial charge in [-0.3, -0.25) is 0 Å². The molecule has 3 aromatic rings. The zero-order valence-electron chi connectivity index (χ0n) is 11.3. The van der Waals surface area contributed by atoms with Crippen molar-refractivity contribution >= 4 is 28.7 Å². The van der Waals surface area contributed by atoms with Gasteiger partial charge in [0.2, 0.25) is 5.89 Å². The molecule has 2 aromatic carbocycles. The molecule has 0 aliphatic carbocycles. The number of carbonyl (C=O) groups is 1. The van der Waals surface area contributed by atoms with Gasteiger partial charge in [-0.25, -0.2) is 9.78 Å². The lowest BCUT2D eigenvalue weighted by Gasteiger charge is -1.97. The van der Waals surface area contributed by atoms with Gasteiger partial charge < -0.3 is 9.15 Å². The molecule has 0 N–H and O–H groups in total. The van der Waals surface area contributed by atoms with Crippen LogP contribution in [-0.4, -0.2) is 18.1 Å². The summed E-state index contributed by atoms with van der Waals surface area (Å²) in [6, 6.07) is 12.7. The number of rotatable bonds is 3. The van der Waals surface area contributed by atoms with Gasteiger partial charge in [0.05, 0.1) is 12.7 Å². The SMILES string of the molecule is COC(=O)c1ccc2oc(-c3ccc(CCl)cc3)nc2c1. The molecule has 0 fully saturated rings. The zero-order chi connectivity index (χ0) is 14.8. The van der Waals surface area contributed by atoms with E-state index in [0.29, 0.717) is 28.4 Å². The highest BCUT2D eigenvalue weighted by molar-refractivity contribution is 6.17. The second kappa shape index (κ2) is 5.58. The Bertz CT molecular complexity index is 793. The van der Waals surface area contributed by atoms with E-state index in [2.05, 4.69) is 4.98 Å². The first-order valence-corrected chi connectivity index (χ1v) is 6.89. The summed E-state index contributed by atoms with van der Waals surface area (Å²) in [4.78, 5) is 15.9. The summed E-state index contributed by atoms with van der Waals surface area (Å²) in [6.45, 7) is 0. The standard InChI is InChI=1S/C16H12ClNO3/c1-20-16(19)12-6-7-14-13(8-12)18-15(21-14)11-4-2-10(9-17)3-5-11/h2-8H,9H2,1H3. The molecule has 5 heteroatoms. The van der Waals surface area contributed by atoms with Crippen molar-refractivity contribution in [3.63, 3.8) is 0 Å². The van der Waals surface area contributed by atoms with E-state index in [-0.39, 0.29) is 0 Å². The summed E-state index contributed by atoms with van der Waals surface area (Å²) < 4.78 is 10.4. The predicted octanol–water partition coefficient (Wildman–Crippen LogP) is 4.02. The van der Waals surface area contributed by atoms with E-state index in [9.17, 15) is 4.79 Å². The zero-order valence-corrected chi connectivity index (χ0v) is 12.1. The van der Waals surface area contributed by atoms with Crippen molar-refractivity contribution in [3.8, 4) is 11.5 Å². The van der Waals surface area contributed by atoms with Gasteiger partial charge in [0, 0.05) is 11.4 Å². The summed E-state index contributed by atoms with van der Waals surface area (Å²) in [6.07, 6.45) is 0. The number of esters is 1. The highest BCUT2D eigenvalue weighted by atomic mass is 35.5. The monoisotopic (exact) mass is 301 g/mol. The average Bonchev–Trinajstić information content (AvgIpc) is 2.97. The van der Waals surface area contributed by atoms with Gasteiger partial charge in [0.1, 0.15) is 5.52 Å². The van der Waals surface area contributed by atoms with Crippen molar-refractivity contribution in [2.24, 2.45) is 0 Å². The number of benzene rings is 2. The summed E-state index contributed by atoms with van der Waals surface area (Å²) in [7, 11) is 1.35. The third-order valence-corrected chi connectivity index (χ3v) is 3.47. The van der Waals surface area contributed by atoms with Crippen LogP contribution in [-0.2, 0) is 10.6 Å². The molecule has 0 radical (unpaired) electrons. The fraction of sp³-hybridized carbons (Fsp3) is 0.125. The summed E-state index contributed by atoms with van der Waals surface area (Å²) >= 11 is 5.77. The molecule has 21 heavy (non-hydrogen) atoms. The number of alkyl halides is 1. The fourth-order valence-electron chi connectivity index (χ4n) is 2.03. The number of oxazole rings is 1. The van der Waals surface area contributed by atoms with E-state index in [0.717, 1.165) is 11.1 Å². The highest BCUT2D eigenvalue weighted by Gasteiger charge is 2.12. The van der Waals surface area contributed by atoms with Gasteiger partial charge in [-0.15, -0.1) is 11.6 Å². The maximum absolute atomic E-state index is 11.5. The van der Waals surface area contributed by atoms with E-state index in [1.165, 1.54) is 7.11 Å². The molecule has 1 heterocycles. The largest absolute Gasteiger partial charge is 0.465 e. The molecular weight excluding hydrogens is 290 g/mol. The van der Waals surface area contributed by atoms with Crippen LogP contribution in [0.2, 0.25) is 0 Å². The minimum atomic E-state index is -0.395. The molecule has 0 aliphatic rings. The molecule has 0 aliphatic heterocycles. The lowest BCUT2D eigenvalue weighted by molar-refractivity contribution is 0.0601. The maximum atomic E-state index is 11.5. The van der Waals surface area contributed by atoms with Crippen LogP contribution in [0.3, 0.4) is 0 Å². The Morgan fingerprint density at radius 2 is 2.00 bits per heavy atom. The first-order valence-electron chi connectivity index (χ1n) is 6.35. The average molecular weight is 302 g/mol. The molecule has 0 saturated heterocycles. The number of methoxy groups -OCH3 is 1. The second-order valence-corrected chi connectivity index (χ2v) is 4.79. The number of nitrogens with zero attached hydrogens (tertiary/aromatic N) is 1. The van der Waals surface area contributed by atoms with Crippen LogP contribution in [0, 0.1) is 0 Å². The summed E-state index contributed by atoms with van der Waals surface area (Å²) in [5.41, 5.74) is 3.58. The van der Waals surface area contributed by atoms with E-state index in [1.54, 1.807) is 18.2 Å². The van der Waals surface area contributed by atoms with Crippen molar-refractivity contribution in [2.45, 2.75) is 5.88 Å². The molecule has 3 rings (SSSR count). The van der Waals surface area contributed by atoms with Crippen LogP contribution in [0.5, 0.6) is 0 Å². The molecule has 0 spiro atoms. The number of fused-ring (bicyclic) bond motifs is 1. The van der Waals surface area contributed by atoms with Crippen LogP contribution in [0.15, 0.2) is 46.9 Å². The van der Waals surface area contributed by atoms with Crippen molar-refractivity contribution < 1.29 is 13.9 Å². The van der Waals surface area contributed by atoms with Crippen LogP contribution in [0.4, 0.5) is 0 Å². The Balaban J connectivity index is 2.01. The molecule has 1 aromatic heterocycles. The number of ether oxygens (including phenoxy) is 1. The van der Waals surface area contributed by atoms with Gasteiger partial charge in [0.25, 0.3) is 0 Å². The molecule has 0 amide bonds. The number of halogens is 1. The van der Waals surface area contributed by atoms with Gasteiger partial charge in [0.15, 0.2) is 5.58 Å². The Hall–Kier alpha value is -2.33. The van der Waals surface area contributed by atoms with Crippen molar-refractivity contribution in [2.75, 3.05) is 7.11 Å². The number of hydrogen-bond acceptors (Lipinski definition) is 4. The molecule has 0 bridgehead atoms.